The molecular formula is C22H22I2N2O8. The van der Waals surface area contributed by atoms with Gasteiger partial charge in [-0.1, -0.05) is 6.92 Å². The monoisotopic (exact) mass is 696 g/mol. The van der Waals surface area contributed by atoms with Gasteiger partial charge in [-0.3, -0.25) is 19.3 Å². The summed E-state index contributed by atoms with van der Waals surface area (Å²) in [7, 11) is 2.98. The normalized spacial score (nSPS) is 33.1. The van der Waals surface area contributed by atoms with Crippen LogP contribution >= 0.6 is 45.2 Å². The van der Waals surface area contributed by atoms with Crippen molar-refractivity contribution in [1.29, 1.82) is 0 Å². The minimum atomic E-state index is -2.91. The highest BCUT2D eigenvalue weighted by Gasteiger charge is 2.67. The number of fused-ring (bicyclic) bond motifs is 3. The lowest BCUT2D eigenvalue weighted by atomic mass is 9.55. The Bertz CT molecular complexity index is 1240. The highest BCUT2D eigenvalue weighted by atomic mass is 127. The number of aliphatic hydroxyl groups is 4. The summed E-state index contributed by atoms with van der Waals surface area (Å²) in [4.78, 5) is 40.3. The van der Waals surface area contributed by atoms with E-state index >= 15 is 0 Å². The molecule has 182 valence electrons. The summed E-state index contributed by atoms with van der Waals surface area (Å²) in [6.07, 6.45) is -1.60. The number of aliphatic hydroxyl groups excluding tert-OH is 3. The summed E-state index contributed by atoms with van der Waals surface area (Å²) in [5.74, 6) is -8.87. The Labute approximate surface area is 221 Å². The minimum absolute atomic E-state index is 0.0863. The number of carbonyl (C=O) groups is 3. The number of ketones is 2. The average molecular weight is 696 g/mol. The Balaban J connectivity index is 2.09. The van der Waals surface area contributed by atoms with Crippen molar-refractivity contribution >= 4 is 62.7 Å². The first-order valence-corrected chi connectivity index (χ1v) is 12.4. The average Bonchev–Trinajstić information content (AvgIpc) is 2.73. The number of phenols is 1. The molecule has 1 aromatic carbocycles. The van der Waals surface area contributed by atoms with Crippen LogP contribution in [0.4, 0.5) is 0 Å². The standard InChI is InChI=1S/C22H22I2N2O8/c1-5-8-6(23)4-7(24)15(27)10(8)16(28)11-9(5)17(29)13-14(26(2)3)18(30)12(21(25)33)20(32)22(13,34)19(11)31/h4-5,9,13-14,17,27,29-31,34H,1-3H3,(H2,25,33)/t5-,9+,13+,14-,17-,22-/m0/s1. The summed E-state index contributed by atoms with van der Waals surface area (Å²) in [5.41, 5.74) is 1.43. The molecule has 1 amide bonds. The summed E-state index contributed by atoms with van der Waals surface area (Å²) in [6.45, 7) is 1.70. The smallest absolute Gasteiger partial charge is 0.255 e. The van der Waals surface area contributed by atoms with Crippen LogP contribution < -0.4 is 5.73 Å². The van der Waals surface area contributed by atoms with E-state index in [9.17, 15) is 39.9 Å². The molecule has 0 heterocycles. The topological polar surface area (TPSA) is 182 Å². The number of phenolic OH excluding ortho intramolecular Hbond substituents is 1. The highest BCUT2D eigenvalue weighted by Crippen LogP contribution is 2.56. The molecule has 6 atom stereocenters. The van der Waals surface area contributed by atoms with E-state index in [0.717, 1.165) is 0 Å². The second-order valence-electron chi connectivity index (χ2n) is 9.03. The van der Waals surface area contributed by atoms with E-state index in [1.807, 2.05) is 45.2 Å². The third-order valence-electron chi connectivity index (χ3n) is 7.13. The molecule has 34 heavy (non-hydrogen) atoms. The van der Waals surface area contributed by atoms with Crippen LogP contribution in [0.15, 0.2) is 28.7 Å². The number of hydrogen-bond acceptors (Lipinski definition) is 9. The maximum atomic E-state index is 13.6. The van der Waals surface area contributed by atoms with Crippen molar-refractivity contribution < 1.29 is 39.9 Å². The van der Waals surface area contributed by atoms with Crippen molar-refractivity contribution in [1.82, 2.24) is 4.90 Å². The minimum Gasteiger partial charge on any atom is -0.510 e. The highest BCUT2D eigenvalue weighted by molar-refractivity contribution is 14.1. The van der Waals surface area contributed by atoms with Crippen molar-refractivity contribution in [3.8, 4) is 5.75 Å². The van der Waals surface area contributed by atoms with Crippen molar-refractivity contribution in [3.63, 3.8) is 0 Å². The maximum Gasteiger partial charge on any atom is 0.255 e. The van der Waals surface area contributed by atoms with Crippen LogP contribution in [0, 0.1) is 19.0 Å². The Morgan fingerprint density at radius 1 is 1.15 bits per heavy atom. The largest absolute Gasteiger partial charge is 0.510 e. The molecule has 0 saturated carbocycles. The SMILES string of the molecule is C[C@H]1c2c(I)cc(I)c(O)c2C(=O)C2=C(O)[C@]3(O)C(=O)C(C(N)=O)=C(O)[C@@H](N(C)C)[C@@H]3[C@@H](O)[C@@H]21. The van der Waals surface area contributed by atoms with Gasteiger partial charge in [0, 0.05) is 15.1 Å². The summed E-state index contributed by atoms with van der Waals surface area (Å²) in [6, 6.07) is 0.399. The lowest BCUT2D eigenvalue weighted by Gasteiger charge is -2.53. The Morgan fingerprint density at radius 3 is 2.26 bits per heavy atom. The zero-order valence-electron chi connectivity index (χ0n) is 18.2. The van der Waals surface area contributed by atoms with E-state index in [1.165, 1.54) is 19.0 Å². The molecule has 0 bridgehead atoms. The molecule has 3 aliphatic rings. The number of rotatable bonds is 2. The zero-order valence-corrected chi connectivity index (χ0v) is 22.5. The molecule has 0 radical (unpaired) electrons. The van der Waals surface area contributed by atoms with Crippen molar-refractivity contribution in [2.75, 3.05) is 14.1 Å². The molecule has 0 fully saturated rings. The zero-order chi connectivity index (χ0) is 25.6. The number of nitrogens with two attached hydrogens (primary N) is 1. The van der Waals surface area contributed by atoms with Gasteiger partial charge in [0.2, 0.25) is 5.78 Å². The molecule has 0 saturated heterocycles. The van der Waals surface area contributed by atoms with E-state index in [-0.39, 0.29) is 11.3 Å². The molecule has 1 aromatic rings. The quantitative estimate of drug-likeness (QED) is 0.193. The van der Waals surface area contributed by atoms with Crippen LogP contribution in [-0.4, -0.2) is 79.7 Å². The number of benzene rings is 1. The van der Waals surface area contributed by atoms with Gasteiger partial charge in [-0.2, -0.15) is 0 Å². The molecule has 3 aliphatic carbocycles. The van der Waals surface area contributed by atoms with Crippen molar-refractivity contribution in [3.05, 3.63) is 47.0 Å². The van der Waals surface area contributed by atoms with Crippen LogP contribution in [0.25, 0.3) is 0 Å². The molecule has 10 nitrogen and oxygen atoms in total. The third kappa shape index (κ3) is 3.04. The van der Waals surface area contributed by atoms with Crippen LogP contribution in [-0.2, 0) is 9.59 Å². The van der Waals surface area contributed by atoms with Gasteiger partial charge in [0.05, 0.1) is 27.2 Å². The first-order valence-electron chi connectivity index (χ1n) is 10.2. The van der Waals surface area contributed by atoms with Crippen molar-refractivity contribution in [2.24, 2.45) is 17.6 Å². The number of amides is 1. The van der Waals surface area contributed by atoms with Crippen LogP contribution in [0.3, 0.4) is 0 Å². The summed E-state index contributed by atoms with van der Waals surface area (Å²) < 4.78 is 1.04. The van der Waals surface area contributed by atoms with Gasteiger partial charge in [-0.05, 0) is 76.8 Å². The van der Waals surface area contributed by atoms with Gasteiger partial charge in [-0.25, -0.2) is 0 Å². The fraction of sp³-hybridized carbons (Fsp3) is 0.409. The molecule has 0 aromatic heterocycles. The lowest BCUT2D eigenvalue weighted by Crippen LogP contribution is -2.68. The summed E-state index contributed by atoms with van der Waals surface area (Å²) in [5, 5.41) is 55.9. The van der Waals surface area contributed by atoms with E-state index in [2.05, 4.69) is 0 Å². The molecule has 0 unspecified atom stereocenters. The number of Topliss-reactive ketones (excluding diaryl/α,β-unsaturated/α-hetero) is 2. The second-order valence-corrected chi connectivity index (χ2v) is 11.4. The number of carbonyl (C=O) groups excluding carboxylic acids is 3. The maximum absolute atomic E-state index is 13.6. The van der Waals surface area contributed by atoms with Gasteiger partial charge in [0.15, 0.2) is 11.4 Å². The predicted octanol–water partition coefficient (Wildman–Crippen LogP) is 0.862. The first kappa shape index (κ1) is 25.3. The molecular weight excluding hydrogens is 674 g/mol. The Morgan fingerprint density at radius 2 is 1.74 bits per heavy atom. The van der Waals surface area contributed by atoms with E-state index in [1.54, 1.807) is 13.0 Å². The second kappa shape index (κ2) is 8.15. The van der Waals surface area contributed by atoms with E-state index < -0.39 is 75.6 Å². The lowest BCUT2D eigenvalue weighted by molar-refractivity contribution is -0.162. The number of aromatic hydroxyl groups is 1. The molecule has 0 aliphatic heterocycles. The van der Waals surface area contributed by atoms with Gasteiger partial charge >= 0.3 is 0 Å². The van der Waals surface area contributed by atoms with Gasteiger partial charge in [-0.15, -0.1) is 0 Å². The molecule has 12 heteroatoms. The van der Waals surface area contributed by atoms with Crippen LogP contribution in [0.2, 0.25) is 0 Å². The van der Waals surface area contributed by atoms with Gasteiger partial charge in [0.1, 0.15) is 22.8 Å². The number of halogens is 2. The molecule has 4 rings (SSSR count). The van der Waals surface area contributed by atoms with Crippen LogP contribution in [0.1, 0.15) is 28.8 Å². The number of primary amides is 1. The fourth-order valence-electron chi connectivity index (χ4n) is 5.68. The molecule has 7 N–H and O–H groups in total. The van der Waals surface area contributed by atoms with Crippen molar-refractivity contribution in [2.45, 2.75) is 30.6 Å². The predicted molar refractivity (Wildman–Crippen MR) is 135 cm³/mol. The Hall–Kier alpha value is -1.75. The molecule has 0 spiro atoms. The van der Waals surface area contributed by atoms with E-state index in [4.69, 9.17) is 5.73 Å². The third-order valence-corrected chi connectivity index (χ3v) is 8.84. The number of nitrogens with zero attached hydrogens (tertiary/aromatic N) is 1. The summed E-state index contributed by atoms with van der Waals surface area (Å²) >= 11 is 3.88. The Kier molecular flexibility index (Phi) is 6.07. The van der Waals surface area contributed by atoms with Crippen LogP contribution in [0.5, 0.6) is 5.75 Å². The fourth-order valence-corrected chi connectivity index (χ4v) is 7.93. The number of likely N-dealkylation sites (N-methyl/N-ethyl adjacent to an activating group) is 1. The van der Waals surface area contributed by atoms with Gasteiger partial charge in [0.25, 0.3) is 5.91 Å². The van der Waals surface area contributed by atoms with Gasteiger partial charge < -0.3 is 31.3 Å². The first-order chi connectivity index (χ1) is 15.7. The van der Waals surface area contributed by atoms with E-state index in [0.29, 0.717) is 12.7 Å². The number of hydrogen-bond donors (Lipinski definition) is 6.